The minimum Gasteiger partial charge on any atom is -0.325 e. The van der Waals surface area contributed by atoms with Crippen LogP contribution in [0.1, 0.15) is 81.6 Å². The predicted octanol–water partition coefficient (Wildman–Crippen LogP) is 6.22. The number of hydrogen-bond acceptors (Lipinski definition) is 1. The first kappa shape index (κ1) is 20.3. The molecule has 2 aliphatic rings. The van der Waals surface area contributed by atoms with Crippen LogP contribution in [0.15, 0.2) is 0 Å². The van der Waals surface area contributed by atoms with Gasteiger partial charge in [0.05, 0.1) is 0 Å². The van der Waals surface area contributed by atoms with E-state index in [1.54, 1.807) is 0 Å². The molecule has 0 spiro atoms. The zero-order valence-electron chi connectivity index (χ0n) is 18.0. The molecule has 0 amide bonds. The van der Waals surface area contributed by atoms with Gasteiger partial charge in [0.25, 0.3) is 0 Å². The Bertz CT molecular complexity index is 404. The molecule has 9 unspecified atom stereocenters. The summed E-state index contributed by atoms with van der Waals surface area (Å²) in [7, 11) is 0. The van der Waals surface area contributed by atoms with E-state index in [4.69, 9.17) is 5.73 Å². The molecule has 0 bridgehead atoms. The quantitative estimate of drug-likeness (QED) is 0.531. The minimum absolute atomic E-state index is 0.109. The maximum absolute atomic E-state index is 6.81. The average molecular weight is 336 g/mol. The van der Waals surface area contributed by atoms with E-state index in [0.717, 1.165) is 47.3 Å². The van der Waals surface area contributed by atoms with Crippen molar-refractivity contribution in [3.63, 3.8) is 0 Å². The van der Waals surface area contributed by atoms with Crippen LogP contribution >= 0.6 is 0 Å². The summed E-state index contributed by atoms with van der Waals surface area (Å²) in [6.07, 6.45) is 4.19. The van der Waals surface area contributed by atoms with Gasteiger partial charge in [-0.1, -0.05) is 62.3 Å². The fourth-order valence-corrected chi connectivity index (χ4v) is 5.47. The lowest BCUT2D eigenvalue weighted by Crippen LogP contribution is -2.39. The van der Waals surface area contributed by atoms with Gasteiger partial charge >= 0.3 is 0 Å². The zero-order chi connectivity index (χ0) is 18.4. The van der Waals surface area contributed by atoms with E-state index in [1.807, 2.05) is 0 Å². The third kappa shape index (κ3) is 3.87. The van der Waals surface area contributed by atoms with Crippen LogP contribution < -0.4 is 5.73 Å². The van der Waals surface area contributed by atoms with Crippen LogP contribution in [-0.4, -0.2) is 5.54 Å². The van der Waals surface area contributed by atoms with Crippen molar-refractivity contribution in [2.24, 2.45) is 64.9 Å². The van der Waals surface area contributed by atoms with E-state index in [9.17, 15) is 0 Å². The average Bonchev–Trinajstić information content (AvgIpc) is 3.45. The van der Waals surface area contributed by atoms with Crippen molar-refractivity contribution >= 4 is 0 Å². The molecule has 2 rings (SSSR count). The summed E-state index contributed by atoms with van der Waals surface area (Å²) in [5.41, 5.74) is 6.92. The standard InChI is InChI=1S/C23H45N/c1-13(2)20(9)23(24)12-22(23)19(8)17(6)15(4)14(3)16(5)18(7)21-10-11-21/h13-22H,10-12,24H2,1-9H3. The molecule has 2 fully saturated rings. The van der Waals surface area contributed by atoms with Crippen LogP contribution in [0.5, 0.6) is 0 Å². The second kappa shape index (κ2) is 7.29. The van der Waals surface area contributed by atoms with E-state index in [0.29, 0.717) is 11.8 Å². The summed E-state index contributed by atoms with van der Waals surface area (Å²) >= 11 is 0. The molecule has 1 heteroatoms. The Morgan fingerprint density at radius 2 is 1.17 bits per heavy atom. The molecule has 9 atom stereocenters. The zero-order valence-corrected chi connectivity index (χ0v) is 18.0. The second-order valence-corrected chi connectivity index (χ2v) is 10.4. The Labute approximate surface area is 152 Å². The largest absolute Gasteiger partial charge is 0.325 e. The van der Waals surface area contributed by atoms with Gasteiger partial charge in [-0.3, -0.25) is 0 Å². The Kier molecular flexibility index (Phi) is 6.16. The first-order valence-electron chi connectivity index (χ1n) is 10.8. The highest BCUT2D eigenvalue weighted by Gasteiger charge is 2.58. The summed E-state index contributed by atoms with van der Waals surface area (Å²) in [6, 6.07) is 0. The first-order chi connectivity index (χ1) is 11.0. The molecule has 0 aliphatic heterocycles. The highest BCUT2D eigenvalue weighted by molar-refractivity contribution is 5.13. The van der Waals surface area contributed by atoms with E-state index < -0.39 is 0 Å². The molecule has 2 saturated carbocycles. The van der Waals surface area contributed by atoms with Crippen LogP contribution in [0.4, 0.5) is 0 Å². The van der Waals surface area contributed by atoms with Crippen molar-refractivity contribution in [3.05, 3.63) is 0 Å². The molecule has 2 N–H and O–H groups in total. The molecule has 0 aromatic heterocycles. The van der Waals surface area contributed by atoms with Crippen LogP contribution in [0.2, 0.25) is 0 Å². The lowest BCUT2D eigenvalue weighted by Gasteiger charge is -2.37. The summed E-state index contributed by atoms with van der Waals surface area (Å²) in [4.78, 5) is 0. The van der Waals surface area contributed by atoms with Crippen LogP contribution in [0, 0.1) is 59.2 Å². The predicted molar refractivity (Wildman–Crippen MR) is 107 cm³/mol. The molecule has 0 aromatic rings. The van der Waals surface area contributed by atoms with Crippen LogP contribution in [-0.2, 0) is 0 Å². The third-order valence-electron chi connectivity index (χ3n) is 9.10. The summed E-state index contributed by atoms with van der Waals surface area (Å²) in [6.45, 7) is 22.0. The van der Waals surface area contributed by atoms with Crippen molar-refractivity contribution in [3.8, 4) is 0 Å². The smallest absolute Gasteiger partial charge is 0.0218 e. The fraction of sp³-hybridized carbons (Fsp3) is 1.00. The highest BCUT2D eigenvalue weighted by atomic mass is 14.9. The Hall–Kier alpha value is -0.0400. The molecule has 0 saturated heterocycles. The lowest BCUT2D eigenvalue weighted by molar-refractivity contribution is 0.118. The van der Waals surface area contributed by atoms with Gasteiger partial charge in [-0.15, -0.1) is 0 Å². The van der Waals surface area contributed by atoms with Crippen molar-refractivity contribution in [2.45, 2.75) is 87.1 Å². The Morgan fingerprint density at radius 1 is 0.708 bits per heavy atom. The number of nitrogens with two attached hydrogens (primary N) is 1. The Balaban J connectivity index is 1.94. The minimum atomic E-state index is 0.109. The van der Waals surface area contributed by atoms with Gasteiger partial charge in [-0.05, 0) is 78.4 Å². The first-order valence-corrected chi connectivity index (χ1v) is 10.8. The molecule has 24 heavy (non-hydrogen) atoms. The Morgan fingerprint density at radius 3 is 1.58 bits per heavy atom. The summed E-state index contributed by atoms with van der Waals surface area (Å²) < 4.78 is 0. The maximum Gasteiger partial charge on any atom is 0.0218 e. The van der Waals surface area contributed by atoms with Crippen molar-refractivity contribution in [2.75, 3.05) is 0 Å². The van der Waals surface area contributed by atoms with E-state index in [-0.39, 0.29) is 5.54 Å². The van der Waals surface area contributed by atoms with Crippen LogP contribution in [0.25, 0.3) is 0 Å². The molecule has 0 radical (unpaired) electrons. The third-order valence-corrected chi connectivity index (χ3v) is 9.10. The topological polar surface area (TPSA) is 26.0 Å². The number of hydrogen-bond donors (Lipinski definition) is 1. The summed E-state index contributed by atoms with van der Waals surface area (Å²) in [5.74, 6) is 7.95. The van der Waals surface area contributed by atoms with E-state index >= 15 is 0 Å². The van der Waals surface area contributed by atoms with Crippen molar-refractivity contribution in [1.29, 1.82) is 0 Å². The van der Waals surface area contributed by atoms with Crippen LogP contribution in [0.3, 0.4) is 0 Å². The van der Waals surface area contributed by atoms with Gasteiger partial charge in [0.1, 0.15) is 0 Å². The second-order valence-electron chi connectivity index (χ2n) is 10.4. The van der Waals surface area contributed by atoms with Gasteiger partial charge in [0.2, 0.25) is 0 Å². The normalized spacial score (nSPS) is 35.9. The van der Waals surface area contributed by atoms with Crippen molar-refractivity contribution in [1.82, 2.24) is 0 Å². The van der Waals surface area contributed by atoms with Gasteiger partial charge < -0.3 is 5.73 Å². The molecule has 1 nitrogen and oxygen atoms in total. The van der Waals surface area contributed by atoms with Crippen molar-refractivity contribution < 1.29 is 0 Å². The van der Waals surface area contributed by atoms with Gasteiger partial charge in [-0.2, -0.15) is 0 Å². The monoisotopic (exact) mass is 335 g/mol. The van der Waals surface area contributed by atoms with E-state index in [1.165, 1.54) is 19.3 Å². The lowest BCUT2D eigenvalue weighted by atomic mass is 9.68. The van der Waals surface area contributed by atoms with E-state index in [2.05, 4.69) is 62.3 Å². The molecule has 142 valence electrons. The number of rotatable bonds is 9. The van der Waals surface area contributed by atoms with Gasteiger partial charge in [0, 0.05) is 5.54 Å². The highest BCUT2D eigenvalue weighted by Crippen LogP contribution is 2.56. The molecule has 0 aromatic carbocycles. The summed E-state index contributed by atoms with van der Waals surface area (Å²) in [5, 5.41) is 0. The van der Waals surface area contributed by atoms with Gasteiger partial charge in [0.15, 0.2) is 0 Å². The molecule has 0 heterocycles. The SMILES string of the molecule is CC(C)C(C)C1(N)CC1C(C)C(C)C(C)C(C)C(C)C(C)C1CC1. The molecular formula is C23H45N. The maximum atomic E-state index is 6.81. The fourth-order valence-electron chi connectivity index (χ4n) is 5.47. The molecular weight excluding hydrogens is 290 g/mol. The molecule has 2 aliphatic carbocycles. The van der Waals surface area contributed by atoms with Gasteiger partial charge in [-0.25, -0.2) is 0 Å².